The maximum Gasteiger partial charge on any atom is 0.227 e. The van der Waals surface area contributed by atoms with E-state index in [1.165, 1.54) is 0 Å². The molecule has 4 rings (SSSR count). The Balaban J connectivity index is 0.00000182. The summed E-state index contributed by atoms with van der Waals surface area (Å²) in [7, 11) is 2.08. The number of piperazine rings is 1. The molecule has 0 spiro atoms. The predicted octanol–water partition coefficient (Wildman–Crippen LogP) is 1.96. The smallest absolute Gasteiger partial charge is 0.227 e. The van der Waals surface area contributed by atoms with Gasteiger partial charge < -0.3 is 14.4 Å². The Morgan fingerprint density at radius 2 is 2.04 bits per heavy atom. The van der Waals surface area contributed by atoms with Crippen molar-refractivity contribution in [2.75, 3.05) is 26.7 Å². The van der Waals surface area contributed by atoms with Gasteiger partial charge in [0.1, 0.15) is 0 Å². The number of nitrogens with zero attached hydrogens (tertiary/aromatic N) is 5. The Labute approximate surface area is 155 Å². The summed E-state index contributed by atoms with van der Waals surface area (Å²) in [5.41, 5.74) is 0. The van der Waals surface area contributed by atoms with Gasteiger partial charge in [-0.3, -0.25) is 4.90 Å². The first-order valence-corrected chi connectivity index (χ1v) is 8.77. The second-order valence-corrected chi connectivity index (χ2v) is 6.68. The Morgan fingerprint density at radius 3 is 2.80 bits per heavy atom. The fraction of sp³-hybridized carbons (Fsp3) is 0.467. The van der Waals surface area contributed by atoms with Gasteiger partial charge in [0, 0.05) is 32.5 Å². The van der Waals surface area contributed by atoms with E-state index in [9.17, 15) is 0 Å². The lowest BCUT2D eigenvalue weighted by Gasteiger charge is -2.30. The second kappa shape index (κ2) is 8.05. The van der Waals surface area contributed by atoms with Gasteiger partial charge in [-0.1, -0.05) is 16.4 Å². The van der Waals surface area contributed by atoms with Gasteiger partial charge in [0.05, 0.1) is 10.9 Å². The summed E-state index contributed by atoms with van der Waals surface area (Å²) in [6, 6.07) is 4.09. The van der Waals surface area contributed by atoms with Gasteiger partial charge in [-0.15, -0.1) is 23.7 Å². The van der Waals surface area contributed by atoms with Crippen molar-refractivity contribution in [2.24, 2.45) is 0 Å². The highest BCUT2D eigenvalue weighted by molar-refractivity contribution is 7.13. The Morgan fingerprint density at radius 1 is 1.24 bits per heavy atom. The molecule has 0 saturated carbocycles. The number of thiophene rings is 1. The van der Waals surface area contributed by atoms with E-state index >= 15 is 0 Å². The third-order valence-electron chi connectivity index (χ3n) is 4.06. The zero-order valence-electron chi connectivity index (χ0n) is 13.7. The molecule has 8 nitrogen and oxygen atoms in total. The highest BCUT2D eigenvalue weighted by Gasteiger charge is 2.25. The van der Waals surface area contributed by atoms with Crippen LogP contribution >= 0.6 is 23.7 Å². The van der Waals surface area contributed by atoms with Crippen molar-refractivity contribution in [3.05, 3.63) is 35.1 Å². The van der Waals surface area contributed by atoms with Crippen LogP contribution < -0.4 is 5.32 Å². The average molecular weight is 383 g/mol. The van der Waals surface area contributed by atoms with Crippen LogP contribution in [0.15, 0.2) is 26.6 Å². The van der Waals surface area contributed by atoms with Crippen molar-refractivity contribution in [2.45, 2.75) is 18.9 Å². The fourth-order valence-electron chi connectivity index (χ4n) is 2.68. The van der Waals surface area contributed by atoms with Crippen LogP contribution in [0, 0.1) is 0 Å². The number of nitrogens with one attached hydrogen (secondary N) is 1. The molecule has 4 heterocycles. The van der Waals surface area contributed by atoms with E-state index in [-0.39, 0.29) is 18.4 Å². The Kier molecular flexibility index (Phi) is 5.79. The molecule has 1 N–H and O–H groups in total. The van der Waals surface area contributed by atoms with Crippen LogP contribution in [0.5, 0.6) is 0 Å². The Hall–Kier alpha value is -1.81. The van der Waals surface area contributed by atoms with Crippen LogP contribution in [0.25, 0.3) is 10.7 Å². The summed E-state index contributed by atoms with van der Waals surface area (Å²) < 4.78 is 10.7. The lowest BCUT2D eigenvalue weighted by Crippen LogP contribution is -2.44. The maximum absolute atomic E-state index is 5.36. The molecule has 3 aromatic heterocycles. The van der Waals surface area contributed by atoms with Crippen LogP contribution in [-0.2, 0) is 12.8 Å². The largest absolute Gasteiger partial charge is 0.339 e. The SMILES string of the molecule is CN1CCNCC1c1noc(CCc2nc(-c3cccs3)no2)n1.Cl. The first-order valence-electron chi connectivity index (χ1n) is 7.89. The molecule has 0 amide bonds. The summed E-state index contributed by atoms with van der Waals surface area (Å²) in [6.07, 6.45) is 1.17. The number of likely N-dealkylation sites (N-methyl/N-ethyl adjacent to an activating group) is 1. The standard InChI is InChI=1S/C15H18N6O2S.ClH/c1-21-7-6-16-9-10(21)14-17-12(22-19-14)4-5-13-18-15(20-23-13)11-3-2-8-24-11;/h2-3,8,10,16H,4-7,9H2,1H3;1H. The average Bonchev–Trinajstić information content (AvgIpc) is 3.34. The van der Waals surface area contributed by atoms with Gasteiger partial charge in [0.2, 0.25) is 17.6 Å². The van der Waals surface area contributed by atoms with E-state index in [0.717, 1.165) is 30.3 Å². The highest BCUT2D eigenvalue weighted by atomic mass is 35.5. The molecule has 25 heavy (non-hydrogen) atoms. The van der Waals surface area contributed by atoms with Crippen molar-refractivity contribution >= 4 is 23.7 Å². The molecular weight excluding hydrogens is 364 g/mol. The summed E-state index contributed by atoms with van der Waals surface area (Å²) in [4.78, 5) is 12.1. The molecule has 1 unspecified atom stereocenters. The highest BCUT2D eigenvalue weighted by Crippen LogP contribution is 2.22. The molecular formula is C15H19ClN6O2S. The first kappa shape index (κ1) is 18.0. The maximum atomic E-state index is 5.36. The van der Waals surface area contributed by atoms with Crippen molar-refractivity contribution in [3.8, 4) is 10.7 Å². The van der Waals surface area contributed by atoms with Crippen molar-refractivity contribution < 1.29 is 9.05 Å². The number of halogens is 1. The van der Waals surface area contributed by atoms with E-state index < -0.39 is 0 Å². The quantitative estimate of drug-likeness (QED) is 0.715. The Bertz CT molecular complexity index is 790. The van der Waals surface area contributed by atoms with Crippen LogP contribution in [0.4, 0.5) is 0 Å². The molecule has 10 heteroatoms. The minimum atomic E-state index is 0. The van der Waals surface area contributed by atoms with E-state index in [4.69, 9.17) is 9.05 Å². The van der Waals surface area contributed by atoms with E-state index in [1.54, 1.807) is 11.3 Å². The first-order chi connectivity index (χ1) is 11.8. The van der Waals surface area contributed by atoms with Gasteiger partial charge in [0.25, 0.3) is 0 Å². The third kappa shape index (κ3) is 4.06. The van der Waals surface area contributed by atoms with Gasteiger partial charge >= 0.3 is 0 Å². The normalized spacial score (nSPS) is 18.2. The van der Waals surface area contributed by atoms with Gasteiger partial charge in [-0.25, -0.2) is 0 Å². The number of hydrogen-bond donors (Lipinski definition) is 1. The summed E-state index contributed by atoms with van der Waals surface area (Å²) >= 11 is 1.59. The molecule has 1 saturated heterocycles. The molecule has 1 aliphatic heterocycles. The molecule has 1 atom stereocenters. The predicted molar refractivity (Wildman–Crippen MR) is 94.8 cm³/mol. The van der Waals surface area contributed by atoms with E-state index in [0.29, 0.717) is 30.4 Å². The van der Waals surface area contributed by atoms with Crippen LogP contribution in [-0.4, -0.2) is 51.9 Å². The molecule has 134 valence electrons. The molecule has 0 bridgehead atoms. The molecule has 0 radical (unpaired) electrons. The molecule has 0 aromatic carbocycles. The van der Waals surface area contributed by atoms with Gasteiger partial charge in [-0.05, 0) is 18.5 Å². The zero-order valence-corrected chi connectivity index (χ0v) is 15.3. The van der Waals surface area contributed by atoms with Crippen LogP contribution in [0.2, 0.25) is 0 Å². The van der Waals surface area contributed by atoms with Gasteiger partial charge in [-0.2, -0.15) is 9.97 Å². The van der Waals surface area contributed by atoms with Crippen molar-refractivity contribution in [3.63, 3.8) is 0 Å². The van der Waals surface area contributed by atoms with Crippen molar-refractivity contribution in [1.82, 2.24) is 30.5 Å². The molecule has 0 aliphatic carbocycles. The third-order valence-corrected chi connectivity index (χ3v) is 4.92. The minimum Gasteiger partial charge on any atom is -0.339 e. The lowest BCUT2D eigenvalue weighted by atomic mass is 10.2. The van der Waals surface area contributed by atoms with Crippen LogP contribution in [0.1, 0.15) is 23.6 Å². The van der Waals surface area contributed by atoms with E-state index in [1.807, 2.05) is 17.5 Å². The molecule has 3 aromatic rings. The second-order valence-electron chi connectivity index (χ2n) is 5.74. The summed E-state index contributed by atoms with van der Waals surface area (Å²) in [5, 5.41) is 13.5. The number of aryl methyl sites for hydroxylation is 2. The summed E-state index contributed by atoms with van der Waals surface area (Å²) in [5.74, 6) is 2.53. The lowest BCUT2D eigenvalue weighted by molar-refractivity contribution is 0.190. The summed E-state index contributed by atoms with van der Waals surface area (Å²) in [6.45, 7) is 2.80. The zero-order chi connectivity index (χ0) is 16.4. The number of rotatable bonds is 5. The fourth-order valence-corrected chi connectivity index (χ4v) is 3.32. The topological polar surface area (TPSA) is 93.1 Å². The van der Waals surface area contributed by atoms with Crippen molar-refractivity contribution in [1.29, 1.82) is 0 Å². The number of aromatic nitrogens is 4. The molecule has 1 fully saturated rings. The van der Waals surface area contributed by atoms with Gasteiger partial charge in [0.15, 0.2) is 5.82 Å². The number of hydrogen-bond acceptors (Lipinski definition) is 9. The minimum absolute atomic E-state index is 0. The van der Waals surface area contributed by atoms with E-state index in [2.05, 4.69) is 37.5 Å². The molecule has 1 aliphatic rings. The van der Waals surface area contributed by atoms with Crippen LogP contribution in [0.3, 0.4) is 0 Å². The monoisotopic (exact) mass is 382 g/mol.